The Labute approximate surface area is 136 Å². The fourth-order valence-corrected chi connectivity index (χ4v) is 2.54. The largest absolute Gasteiger partial charge is 0.348 e. The van der Waals surface area contributed by atoms with Crippen molar-refractivity contribution in [2.24, 2.45) is 0 Å². The van der Waals surface area contributed by atoms with Gasteiger partial charge in [-0.05, 0) is 74.9 Å². The summed E-state index contributed by atoms with van der Waals surface area (Å²) in [5, 5.41) is 2.57. The van der Waals surface area contributed by atoms with Crippen molar-refractivity contribution in [3.63, 3.8) is 0 Å². The second kappa shape index (κ2) is 6.62. The minimum absolute atomic E-state index is 0.0691. The second-order valence-corrected chi connectivity index (χ2v) is 6.14. The lowest BCUT2D eigenvalue weighted by molar-refractivity contribution is 0.0949. The number of hydrogen-bond acceptors (Lipinski definition) is 1. The van der Waals surface area contributed by atoms with Crippen LogP contribution in [-0.2, 0) is 6.54 Å². The van der Waals surface area contributed by atoms with Crippen molar-refractivity contribution in [3.8, 4) is 0 Å². The molecule has 0 atom stereocenters. The Hall–Kier alpha value is -1.02. The Morgan fingerprint density at radius 2 is 1.95 bits per heavy atom. The van der Waals surface area contributed by atoms with E-state index in [2.05, 4.69) is 43.8 Å². The topological polar surface area (TPSA) is 29.1 Å². The maximum absolute atomic E-state index is 13.4. The zero-order valence-corrected chi connectivity index (χ0v) is 13.8. The summed E-state index contributed by atoms with van der Waals surface area (Å²) in [5.41, 5.74) is 0.564. The number of rotatable bonds is 3. The van der Waals surface area contributed by atoms with Crippen LogP contribution in [0.2, 0.25) is 0 Å². The van der Waals surface area contributed by atoms with Gasteiger partial charge >= 0.3 is 0 Å². The quantitative estimate of drug-likeness (QED) is 0.694. The van der Waals surface area contributed by atoms with E-state index in [9.17, 15) is 13.6 Å². The van der Waals surface area contributed by atoms with Gasteiger partial charge < -0.3 is 5.32 Å². The molecule has 0 spiro atoms. The minimum Gasteiger partial charge on any atom is -0.348 e. The van der Waals surface area contributed by atoms with E-state index in [0.717, 1.165) is 21.8 Å². The van der Waals surface area contributed by atoms with E-state index < -0.39 is 11.6 Å². The number of nitrogens with one attached hydrogen (secondary N) is 1. The number of carbonyl (C=O) groups is 1. The second-order valence-electron chi connectivity index (χ2n) is 4.04. The highest BCUT2D eigenvalue weighted by Crippen LogP contribution is 2.19. The van der Waals surface area contributed by atoms with Crippen LogP contribution < -0.4 is 5.32 Å². The third-order valence-electron chi connectivity index (χ3n) is 2.62. The first-order chi connectivity index (χ1) is 9.47. The molecule has 0 aliphatic heterocycles. The summed E-state index contributed by atoms with van der Waals surface area (Å²) in [5.74, 6) is -1.43. The number of benzene rings is 2. The van der Waals surface area contributed by atoms with E-state index in [4.69, 9.17) is 0 Å². The summed E-state index contributed by atoms with van der Waals surface area (Å²) in [6.07, 6.45) is 0. The zero-order valence-electron chi connectivity index (χ0n) is 10.1. The third kappa shape index (κ3) is 3.76. The Balaban J connectivity index is 2.12. The van der Waals surface area contributed by atoms with E-state index >= 15 is 0 Å². The molecule has 2 nitrogen and oxygen atoms in total. The molecule has 20 heavy (non-hydrogen) atoms. The molecule has 0 unspecified atom stereocenters. The van der Waals surface area contributed by atoms with Crippen molar-refractivity contribution in [2.75, 3.05) is 0 Å². The van der Waals surface area contributed by atoms with Crippen LogP contribution in [-0.4, -0.2) is 5.91 Å². The Morgan fingerprint density at radius 1 is 1.20 bits per heavy atom. The number of halogens is 4. The lowest BCUT2D eigenvalue weighted by atomic mass is 10.2. The van der Waals surface area contributed by atoms with Crippen LogP contribution in [0.4, 0.5) is 8.78 Å². The predicted octanol–water partition coefficient (Wildman–Crippen LogP) is 4.26. The molecule has 0 saturated heterocycles. The average Bonchev–Trinajstić information content (AvgIpc) is 2.42. The van der Waals surface area contributed by atoms with Gasteiger partial charge in [0, 0.05) is 20.2 Å². The fourth-order valence-electron chi connectivity index (χ4n) is 1.62. The first-order valence-electron chi connectivity index (χ1n) is 5.64. The molecule has 0 heterocycles. The van der Waals surface area contributed by atoms with Gasteiger partial charge in [-0.3, -0.25) is 4.79 Å². The molecule has 2 aromatic carbocycles. The Bertz CT molecular complexity index is 664. The SMILES string of the molecule is O=C(NCc1cc(F)ccc1F)c1cc(I)ccc1Br. The Morgan fingerprint density at radius 3 is 2.70 bits per heavy atom. The molecule has 1 N–H and O–H groups in total. The first-order valence-corrected chi connectivity index (χ1v) is 7.51. The number of amides is 1. The molecule has 0 aliphatic carbocycles. The molecule has 104 valence electrons. The molecular weight excluding hydrogens is 443 g/mol. The van der Waals surface area contributed by atoms with Gasteiger partial charge in [-0.15, -0.1) is 0 Å². The molecule has 0 bridgehead atoms. The third-order valence-corrected chi connectivity index (χ3v) is 3.98. The molecule has 2 aromatic rings. The zero-order chi connectivity index (χ0) is 14.7. The van der Waals surface area contributed by atoms with E-state index in [1.54, 1.807) is 12.1 Å². The predicted molar refractivity (Wildman–Crippen MR) is 84.4 cm³/mol. The lowest BCUT2D eigenvalue weighted by Crippen LogP contribution is -2.23. The van der Waals surface area contributed by atoms with Crippen LogP contribution in [0.15, 0.2) is 40.9 Å². The molecule has 0 radical (unpaired) electrons. The fraction of sp³-hybridized carbons (Fsp3) is 0.0714. The van der Waals surface area contributed by atoms with E-state index in [1.807, 2.05) is 6.07 Å². The van der Waals surface area contributed by atoms with Gasteiger partial charge in [-0.1, -0.05) is 0 Å². The summed E-state index contributed by atoms with van der Waals surface area (Å²) in [6.45, 7) is -0.0691. The highest BCUT2D eigenvalue weighted by molar-refractivity contribution is 14.1. The molecule has 0 fully saturated rings. The van der Waals surface area contributed by atoms with Crippen molar-refractivity contribution in [1.82, 2.24) is 5.32 Å². The highest BCUT2D eigenvalue weighted by Gasteiger charge is 2.11. The van der Waals surface area contributed by atoms with Crippen LogP contribution in [0.1, 0.15) is 15.9 Å². The van der Waals surface area contributed by atoms with E-state index in [-0.39, 0.29) is 18.0 Å². The van der Waals surface area contributed by atoms with Crippen LogP contribution in [0, 0.1) is 15.2 Å². The molecule has 6 heteroatoms. The standard InChI is InChI=1S/C14H9BrF2INO/c15-12-3-2-10(18)6-11(12)14(20)19-7-8-5-9(16)1-4-13(8)17/h1-6H,7H2,(H,19,20). The van der Waals surface area contributed by atoms with Crippen molar-refractivity contribution in [3.05, 3.63) is 67.2 Å². The molecule has 0 aliphatic rings. The average molecular weight is 452 g/mol. The molecule has 0 saturated carbocycles. The van der Waals surface area contributed by atoms with E-state index in [1.165, 1.54) is 0 Å². The van der Waals surface area contributed by atoms with Gasteiger partial charge in [0.1, 0.15) is 11.6 Å². The van der Waals surface area contributed by atoms with Gasteiger partial charge in [0.25, 0.3) is 5.91 Å². The van der Waals surface area contributed by atoms with Crippen LogP contribution in [0.25, 0.3) is 0 Å². The monoisotopic (exact) mass is 451 g/mol. The normalized spacial score (nSPS) is 10.4. The van der Waals surface area contributed by atoms with Crippen molar-refractivity contribution < 1.29 is 13.6 Å². The molecule has 1 amide bonds. The van der Waals surface area contributed by atoms with Gasteiger partial charge in [-0.2, -0.15) is 0 Å². The van der Waals surface area contributed by atoms with Gasteiger partial charge in [0.05, 0.1) is 5.56 Å². The maximum Gasteiger partial charge on any atom is 0.252 e. The van der Waals surface area contributed by atoms with Crippen LogP contribution >= 0.6 is 38.5 Å². The highest BCUT2D eigenvalue weighted by atomic mass is 127. The van der Waals surface area contributed by atoms with Gasteiger partial charge in [-0.25, -0.2) is 8.78 Å². The molecule has 0 aromatic heterocycles. The van der Waals surface area contributed by atoms with Gasteiger partial charge in [0.2, 0.25) is 0 Å². The summed E-state index contributed by atoms with van der Waals surface area (Å²) in [4.78, 5) is 12.0. The van der Waals surface area contributed by atoms with Crippen LogP contribution in [0.5, 0.6) is 0 Å². The maximum atomic E-state index is 13.4. The number of hydrogen-bond donors (Lipinski definition) is 1. The lowest BCUT2D eigenvalue weighted by Gasteiger charge is -2.08. The summed E-state index contributed by atoms with van der Waals surface area (Å²) < 4.78 is 28.0. The van der Waals surface area contributed by atoms with Crippen LogP contribution in [0.3, 0.4) is 0 Å². The summed E-state index contributed by atoms with van der Waals surface area (Å²) in [7, 11) is 0. The molecular formula is C14H9BrF2INO. The smallest absolute Gasteiger partial charge is 0.252 e. The van der Waals surface area contributed by atoms with E-state index in [0.29, 0.717) is 10.0 Å². The minimum atomic E-state index is -0.548. The van der Waals surface area contributed by atoms with Crippen molar-refractivity contribution in [1.29, 1.82) is 0 Å². The van der Waals surface area contributed by atoms with Crippen molar-refractivity contribution in [2.45, 2.75) is 6.54 Å². The summed E-state index contributed by atoms with van der Waals surface area (Å²) in [6, 6.07) is 8.48. The molecule has 2 rings (SSSR count). The van der Waals surface area contributed by atoms with Crippen molar-refractivity contribution >= 4 is 44.4 Å². The first kappa shape index (κ1) is 15.4. The summed E-state index contributed by atoms with van der Waals surface area (Å²) >= 11 is 5.38. The van der Waals surface area contributed by atoms with Gasteiger partial charge in [0.15, 0.2) is 0 Å². The Kier molecular flexibility index (Phi) is 5.09. The number of carbonyl (C=O) groups excluding carboxylic acids is 1.